The maximum atomic E-state index is 10.8. The minimum Gasteiger partial charge on any atom is -0.487 e. The van der Waals surface area contributed by atoms with Gasteiger partial charge in [0.2, 0.25) is 0 Å². The number of nitro groups is 1. The number of rotatable bonds is 8. The minimum atomic E-state index is -0.879. The number of ether oxygens (including phenoxy) is 1. The summed E-state index contributed by atoms with van der Waals surface area (Å²) in [5.74, 6) is 0.190. The van der Waals surface area contributed by atoms with Crippen molar-refractivity contribution < 1.29 is 19.9 Å². The first-order valence-electron chi connectivity index (χ1n) is 6.02. The predicted octanol–water partition coefficient (Wildman–Crippen LogP) is 1.15. The van der Waals surface area contributed by atoms with Gasteiger partial charge in [0, 0.05) is 24.4 Å². The van der Waals surface area contributed by atoms with Gasteiger partial charge in [0.15, 0.2) is 5.75 Å². The lowest BCUT2D eigenvalue weighted by Gasteiger charge is -2.12. The minimum absolute atomic E-state index is 0.0956. The summed E-state index contributed by atoms with van der Waals surface area (Å²) >= 11 is 0. The largest absolute Gasteiger partial charge is 0.487 e. The van der Waals surface area contributed by atoms with Crippen molar-refractivity contribution in [1.82, 2.24) is 0 Å². The molecule has 0 radical (unpaired) electrons. The molecule has 7 heteroatoms. The van der Waals surface area contributed by atoms with Crippen LogP contribution in [0.1, 0.15) is 13.3 Å². The van der Waals surface area contributed by atoms with Gasteiger partial charge in [0.05, 0.1) is 24.2 Å². The topological polar surface area (TPSA) is 105 Å². The highest BCUT2D eigenvalue weighted by molar-refractivity contribution is 5.58. The second-order valence-electron chi connectivity index (χ2n) is 4.01. The zero-order chi connectivity index (χ0) is 14.3. The summed E-state index contributed by atoms with van der Waals surface area (Å²) < 4.78 is 5.33. The zero-order valence-corrected chi connectivity index (χ0v) is 10.7. The second kappa shape index (κ2) is 7.55. The second-order valence-corrected chi connectivity index (χ2v) is 4.01. The summed E-state index contributed by atoms with van der Waals surface area (Å²) in [4.78, 5) is 10.3. The van der Waals surface area contributed by atoms with Gasteiger partial charge >= 0.3 is 5.69 Å². The van der Waals surface area contributed by atoms with E-state index in [1.807, 2.05) is 6.92 Å². The van der Waals surface area contributed by atoms with Crippen molar-refractivity contribution in [3.8, 4) is 5.75 Å². The van der Waals surface area contributed by atoms with E-state index >= 15 is 0 Å². The number of nitrogens with one attached hydrogen (secondary N) is 1. The number of nitrogens with zero attached hydrogens (tertiary/aromatic N) is 1. The summed E-state index contributed by atoms with van der Waals surface area (Å²) in [7, 11) is 0. The van der Waals surface area contributed by atoms with Crippen LogP contribution in [-0.4, -0.2) is 41.0 Å². The Kier molecular flexibility index (Phi) is 6.04. The van der Waals surface area contributed by atoms with E-state index in [-0.39, 0.29) is 24.6 Å². The molecule has 19 heavy (non-hydrogen) atoms. The van der Waals surface area contributed by atoms with E-state index in [1.165, 1.54) is 18.2 Å². The van der Waals surface area contributed by atoms with Crippen LogP contribution in [0.25, 0.3) is 0 Å². The van der Waals surface area contributed by atoms with Crippen LogP contribution in [0.15, 0.2) is 18.2 Å². The summed E-state index contributed by atoms with van der Waals surface area (Å²) in [6, 6.07) is 4.39. The Morgan fingerprint density at radius 1 is 1.53 bits per heavy atom. The van der Waals surface area contributed by atoms with E-state index < -0.39 is 11.0 Å². The van der Waals surface area contributed by atoms with E-state index in [0.717, 1.165) is 6.42 Å². The Morgan fingerprint density at radius 2 is 2.26 bits per heavy atom. The number of hydrogen-bond donors (Lipinski definition) is 3. The number of hydrogen-bond acceptors (Lipinski definition) is 6. The first-order valence-corrected chi connectivity index (χ1v) is 6.02. The van der Waals surface area contributed by atoms with Gasteiger partial charge < -0.3 is 20.3 Å². The average molecular weight is 270 g/mol. The third-order valence-corrected chi connectivity index (χ3v) is 2.37. The molecule has 0 fully saturated rings. The maximum Gasteiger partial charge on any atom is 0.311 e. The molecular weight excluding hydrogens is 252 g/mol. The van der Waals surface area contributed by atoms with Crippen molar-refractivity contribution in [3.05, 3.63) is 28.3 Å². The Balaban J connectivity index is 2.81. The molecule has 0 saturated heterocycles. The van der Waals surface area contributed by atoms with Gasteiger partial charge in [-0.2, -0.15) is 0 Å². The lowest BCUT2D eigenvalue weighted by molar-refractivity contribution is -0.385. The van der Waals surface area contributed by atoms with E-state index in [0.29, 0.717) is 12.3 Å². The standard InChI is InChI=1S/C12H18N2O5/c1-2-5-19-12-6-9(13-7-10(16)8-15)3-4-11(12)14(17)18/h3-4,6,10,13,15-16H,2,5,7-8H2,1H3. The maximum absolute atomic E-state index is 10.8. The van der Waals surface area contributed by atoms with Crippen LogP contribution in [0.2, 0.25) is 0 Å². The van der Waals surface area contributed by atoms with Crippen LogP contribution in [0.4, 0.5) is 11.4 Å². The van der Waals surface area contributed by atoms with Crippen LogP contribution in [0.3, 0.4) is 0 Å². The molecule has 0 amide bonds. The molecule has 0 aromatic heterocycles. The molecule has 1 rings (SSSR count). The van der Waals surface area contributed by atoms with E-state index in [2.05, 4.69) is 5.32 Å². The van der Waals surface area contributed by atoms with Crippen molar-refractivity contribution in [2.24, 2.45) is 0 Å². The molecule has 0 bridgehead atoms. The Morgan fingerprint density at radius 3 is 2.84 bits per heavy atom. The molecule has 106 valence electrons. The average Bonchev–Trinajstić information content (AvgIpc) is 2.42. The van der Waals surface area contributed by atoms with Gasteiger partial charge in [-0.3, -0.25) is 10.1 Å². The molecule has 3 N–H and O–H groups in total. The molecule has 0 saturated carbocycles. The lowest BCUT2D eigenvalue weighted by atomic mass is 10.2. The quantitative estimate of drug-likeness (QED) is 0.483. The van der Waals surface area contributed by atoms with Crippen LogP contribution >= 0.6 is 0 Å². The summed E-state index contributed by atoms with van der Waals surface area (Å²) in [6.45, 7) is 2.11. The van der Waals surface area contributed by atoms with Gasteiger partial charge in [-0.25, -0.2) is 0 Å². The molecule has 1 aromatic carbocycles. The first kappa shape index (κ1) is 15.2. The predicted molar refractivity (Wildman–Crippen MR) is 70.5 cm³/mol. The fraction of sp³-hybridized carbons (Fsp3) is 0.500. The molecule has 1 unspecified atom stereocenters. The van der Waals surface area contributed by atoms with Crippen LogP contribution in [0, 0.1) is 10.1 Å². The smallest absolute Gasteiger partial charge is 0.311 e. The molecule has 0 spiro atoms. The number of anilines is 1. The number of aliphatic hydroxyl groups is 2. The van der Waals surface area contributed by atoms with E-state index in [1.54, 1.807) is 0 Å². The lowest BCUT2D eigenvalue weighted by Crippen LogP contribution is -2.22. The normalized spacial score (nSPS) is 11.9. The van der Waals surface area contributed by atoms with Gasteiger partial charge in [-0.15, -0.1) is 0 Å². The molecule has 0 aliphatic carbocycles. The molecule has 0 heterocycles. The molecule has 0 aliphatic rings. The molecule has 7 nitrogen and oxygen atoms in total. The SMILES string of the molecule is CCCOc1cc(NCC(O)CO)ccc1[N+](=O)[O-]. The Bertz CT molecular complexity index is 425. The molecule has 1 aromatic rings. The molecule has 1 atom stereocenters. The van der Waals surface area contributed by atoms with Crippen molar-refractivity contribution in [1.29, 1.82) is 0 Å². The van der Waals surface area contributed by atoms with Gasteiger partial charge in [0.25, 0.3) is 0 Å². The monoisotopic (exact) mass is 270 g/mol. The highest BCUT2D eigenvalue weighted by Gasteiger charge is 2.15. The zero-order valence-electron chi connectivity index (χ0n) is 10.7. The molecular formula is C12H18N2O5. The van der Waals surface area contributed by atoms with Crippen molar-refractivity contribution in [2.45, 2.75) is 19.4 Å². The first-order chi connectivity index (χ1) is 9.08. The van der Waals surface area contributed by atoms with Crippen LogP contribution in [-0.2, 0) is 0 Å². The van der Waals surface area contributed by atoms with Crippen molar-refractivity contribution in [2.75, 3.05) is 25.1 Å². The fourth-order valence-corrected chi connectivity index (χ4v) is 1.40. The highest BCUT2D eigenvalue weighted by atomic mass is 16.6. The summed E-state index contributed by atoms with van der Waals surface area (Å²) in [5.41, 5.74) is 0.492. The third kappa shape index (κ3) is 4.72. The highest BCUT2D eigenvalue weighted by Crippen LogP contribution is 2.30. The fourth-order valence-electron chi connectivity index (χ4n) is 1.40. The van der Waals surface area contributed by atoms with Gasteiger partial charge in [0.1, 0.15) is 0 Å². The van der Waals surface area contributed by atoms with Crippen molar-refractivity contribution >= 4 is 11.4 Å². The van der Waals surface area contributed by atoms with E-state index in [4.69, 9.17) is 9.84 Å². The number of aliphatic hydroxyl groups excluding tert-OH is 2. The van der Waals surface area contributed by atoms with Gasteiger partial charge in [-0.05, 0) is 12.5 Å². The van der Waals surface area contributed by atoms with Crippen LogP contribution in [0.5, 0.6) is 5.75 Å². The van der Waals surface area contributed by atoms with Crippen molar-refractivity contribution in [3.63, 3.8) is 0 Å². The Labute approximate surface area is 111 Å². The molecule has 0 aliphatic heterocycles. The van der Waals surface area contributed by atoms with E-state index in [9.17, 15) is 15.2 Å². The summed E-state index contributed by atoms with van der Waals surface area (Å²) in [5, 5.41) is 31.6. The van der Waals surface area contributed by atoms with Crippen LogP contribution < -0.4 is 10.1 Å². The summed E-state index contributed by atoms with van der Waals surface area (Å²) in [6.07, 6.45) is -0.131. The number of benzene rings is 1. The van der Waals surface area contributed by atoms with Gasteiger partial charge in [-0.1, -0.05) is 6.92 Å². The number of nitro benzene ring substituents is 1. The third-order valence-electron chi connectivity index (χ3n) is 2.37. The Hall–Kier alpha value is -1.86.